The van der Waals surface area contributed by atoms with Crippen molar-refractivity contribution in [2.24, 2.45) is 17.8 Å². The molecule has 0 bridgehead atoms. The van der Waals surface area contributed by atoms with Crippen molar-refractivity contribution in [3.8, 4) is 5.75 Å². The van der Waals surface area contributed by atoms with Gasteiger partial charge in [-0.2, -0.15) is 0 Å². The third-order valence-electron chi connectivity index (χ3n) is 10.1. The van der Waals surface area contributed by atoms with Crippen molar-refractivity contribution in [3.05, 3.63) is 41.5 Å². The number of rotatable bonds is 9. The van der Waals surface area contributed by atoms with Crippen LogP contribution in [-0.2, 0) is 14.3 Å². The van der Waals surface area contributed by atoms with Crippen molar-refractivity contribution in [2.45, 2.75) is 115 Å². The molecular weight excluding hydrogens is 532 g/mol. The molecule has 0 radical (unpaired) electrons. The third-order valence-corrected chi connectivity index (χ3v) is 10.1. The molecule has 0 aromatic heterocycles. The van der Waals surface area contributed by atoms with Crippen molar-refractivity contribution in [3.63, 3.8) is 0 Å². The Kier molecular flexibility index (Phi) is 10.3. The number of benzene rings is 1. The molecule has 1 aromatic carbocycles. The SMILES string of the molecule is CC1CCC(C(C)C)C(OCC(=O)N(C2CCCCCC2)C2C=C(C(=O)NCCO)C3c4ccccc4OC3C2O)C1. The van der Waals surface area contributed by atoms with E-state index in [1.807, 2.05) is 29.2 Å². The lowest BCUT2D eigenvalue weighted by Crippen LogP contribution is -2.59. The maximum absolute atomic E-state index is 14.2. The average molecular weight is 583 g/mol. The zero-order valence-electron chi connectivity index (χ0n) is 25.5. The molecule has 8 heteroatoms. The van der Waals surface area contributed by atoms with Gasteiger partial charge in [-0.05, 0) is 55.6 Å². The first kappa shape index (κ1) is 31.0. The third kappa shape index (κ3) is 6.56. The molecule has 42 heavy (non-hydrogen) atoms. The largest absolute Gasteiger partial charge is 0.486 e. The summed E-state index contributed by atoms with van der Waals surface area (Å²) in [5.74, 6) is 1.23. The van der Waals surface area contributed by atoms with Gasteiger partial charge in [-0.3, -0.25) is 9.59 Å². The van der Waals surface area contributed by atoms with Crippen molar-refractivity contribution in [1.29, 1.82) is 0 Å². The number of aliphatic hydroxyl groups excluding tert-OH is 2. The zero-order chi connectivity index (χ0) is 29.8. The van der Waals surface area contributed by atoms with Crippen LogP contribution in [0.15, 0.2) is 35.9 Å². The maximum atomic E-state index is 14.2. The molecule has 7 unspecified atom stereocenters. The van der Waals surface area contributed by atoms with Gasteiger partial charge in [-0.1, -0.05) is 71.1 Å². The fraction of sp³-hybridized carbons (Fsp3) is 0.706. The van der Waals surface area contributed by atoms with E-state index in [2.05, 4.69) is 26.1 Å². The van der Waals surface area contributed by atoms with E-state index in [9.17, 15) is 19.8 Å². The van der Waals surface area contributed by atoms with E-state index in [4.69, 9.17) is 9.47 Å². The predicted molar refractivity (Wildman–Crippen MR) is 161 cm³/mol. The van der Waals surface area contributed by atoms with Crippen LogP contribution in [0.25, 0.3) is 0 Å². The summed E-state index contributed by atoms with van der Waals surface area (Å²) in [7, 11) is 0. The summed E-state index contributed by atoms with van der Waals surface area (Å²) < 4.78 is 12.7. The van der Waals surface area contributed by atoms with Gasteiger partial charge >= 0.3 is 0 Å². The first-order valence-corrected chi connectivity index (χ1v) is 16.3. The monoisotopic (exact) mass is 582 g/mol. The number of nitrogens with zero attached hydrogens (tertiary/aromatic N) is 1. The number of nitrogens with one attached hydrogen (secondary N) is 1. The number of aliphatic hydroxyl groups is 2. The molecule has 1 aliphatic heterocycles. The zero-order valence-corrected chi connectivity index (χ0v) is 25.5. The van der Waals surface area contributed by atoms with Gasteiger partial charge in [-0.15, -0.1) is 0 Å². The lowest BCUT2D eigenvalue weighted by molar-refractivity contribution is -0.150. The average Bonchev–Trinajstić information content (AvgIpc) is 3.17. The molecule has 5 rings (SSSR count). The number of hydrogen-bond donors (Lipinski definition) is 3. The molecule has 0 spiro atoms. The second-order valence-corrected chi connectivity index (χ2v) is 13.3. The molecule has 4 aliphatic rings. The van der Waals surface area contributed by atoms with Gasteiger partial charge in [0, 0.05) is 23.7 Å². The number of hydrogen-bond acceptors (Lipinski definition) is 6. The van der Waals surface area contributed by atoms with E-state index in [1.165, 1.54) is 6.42 Å². The summed E-state index contributed by atoms with van der Waals surface area (Å²) in [5, 5.41) is 24.1. The molecule has 1 heterocycles. The van der Waals surface area contributed by atoms with Crippen LogP contribution in [0.5, 0.6) is 5.75 Å². The normalized spacial score (nSPS) is 31.4. The minimum atomic E-state index is -1.01. The lowest BCUT2D eigenvalue weighted by atomic mass is 9.75. The fourth-order valence-corrected chi connectivity index (χ4v) is 7.87. The first-order valence-electron chi connectivity index (χ1n) is 16.3. The van der Waals surface area contributed by atoms with Crippen molar-refractivity contribution >= 4 is 11.8 Å². The second-order valence-electron chi connectivity index (χ2n) is 13.3. The van der Waals surface area contributed by atoms with Crippen LogP contribution in [0.2, 0.25) is 0 Å². The number of carbonyl (C=O) groups excluding carboxylic acids is 2. The van der Waals surface area contributed by atoms with Gasteiger partial charge in [0.1, 0.15) is 24.6 Å². The smallest absolute Gasteiger partial charge is 0.249 e. The van der Waals surface area contributed by atoms with Crippen LogP contribution < -0.4 is 10.1 Å². The van der Waals surface area contributed by atoms with E-state index in [0.717, 1.165) is 56.9 Å². The highest BCUT2D eigenvalue weighted by Gasteiger charge is 2.51. The minimum Gasteiger partial charge on any atom is -0.486 e. The number of fused-ring (bicyclic) bond motifs is 3. The molecule has 3 N–H and O–H groups in total. The molecule has 2 amide bonds. The summed E-state index contributed by atoms with van der Waals surface area (Å²) in [5.41, 5.74) is 1.33. The van der Waals surface area contributed by atoms with E-state index in [0.29, 0.717) is 29.1 Å². The van der Waals surface area contributed by atoms with Crippen LogP contribution in [0.3, 0.4) is 0 Å². The van der Waals surface area contributed by atoms with E-state index in [1.54, 1.807) is 6.08 Å². The Morgan fingerprint density at radius 3 is 2.55 bits per heavy atom. The topological polar surface area (TPSA) is 108 Å². The highest BCUT2D eigenvalue weighted by atomic mass is 16.5. The molecule has 232 valence electrons. The van der Waals surface area contributed by atoms with Crippen LogP contribution >= 0.6 is 0 Å². The highest BCUT2D eigenvalue weighted by Crippen LogP contribution is 2.47. The minimum absolute atomic E-state index is 0.0324. The number of para-hydroxylation sites is 1. The van der Waals surface area contributed by atoms with E-state index in [-0.39, 0.29) is 43.7 Å². The van der Waals surface area contributed by atoms with Crippen molar-refractivity contribution in [2.75, 3.05) is 19.8 Å². The Hall–Kier alpha value is -2.42. The van der Waals surface area contributed by atoms with E-state index >= 15 is 0 Å². The summed E-state index contributed by atoms with van der Waals surface area (Å²) in [6, 6.07) is 6.80. The molecular formula is C34H50N2O6. The van der Waals surface area contributed by atoms with Gasteiger partial charge in [0.25, 0.3) is 0 Å². The van der Waals surface area contributed by atoms with Gasteiger partial charge in [-0.25, -0.2) is 0 Å². The van der Waals surface area contributed by atoms with Gasteiger partial charge in [0.2, 0.25) is 11.8 Å². The Labute approximate surface area is 250 Å². The first-order chi connectivity index (χ1) is 20.3. The number of ether oxygens (including phenoxy) is 2. The highest BCUT2D eigenvalue weighted by molar-refractivity contribution is 5.96. The van der Waals surface area contributed by atoms with Crippen LogP contribution in [-0.4, -0.2) is 77.1 Å². The van der Waals surface area contributed by atoms with Gasteiger partial charge < -0.3 is 29.9 Å². The quantitative estimate of drug-likeness (QED) is 0.374. The Balaban J connectivity index is 1.46. The summed E-state index contributed by atoms with van der Waals surface area (Å²) in [6.45, 7) is 6.65. The van der Waals surface area contributed by atoms with Crippen LogP contribution in [0.4, 0.5) is 0 Å². The Morgan fingerprint density at radius 1 is 1.10 bits per heavy atom. The molecule has 1 aromatic rings. The summed E-state index contributed by atoms with van der Waals surface area (Å²) in [4.78, 5) is 29.6. The molecule has 7 atom stereocenters. The van der Waals surface area contributed by atoms with Gasteiger partial charge in [0.15, 0.2) is 0 Å². The predicted octanol–water partition coefficient (Wildman–Crippen LogP) is 4.34. The molecule has 3 aliphatic carbocycles. The number of carbonyl (C=O) groups is 2. The molecule has 0 saturated heterocycles. The Morgan fingerprint density at radius 2 is 1.83 bits per heavy atom. The summed E-state index contributed by atoms with van der Waals surface area (Å²) in [6.07, 6.45) is 9.42. The van der Waals surface area contributed by atoms with Crippen molar-refractivity contribution < 1.29 is 29.3 Å². The number of amides is 2. The fourth-order valence-electron chi connectivity index (χ4n) is 7.87. The van der Waals surface area contributed by atoms with E-state index < -0.39 is 24.2 Å². The van der Waals surface area contributed by atoms with Crippen LogP contribution in [0, 0.1) is 17.8 Å². The standard InChI is InChI=1S/C34H50N2O6/c1-21(2)24-15-14-22(3)18-29(24)41-20-30(38)36(23-10-6-4-5-7-11-23)27-19-26(34(40)35-16-17-37)31-25-12-8-9-13-28(25)42-33(31)32(27)39/h8-9,12-13,19,21-24,27,29,31-33,37,39H,4-7,10-11,14-18,20H2,1-3H3,(H,35,40). The van der Waals surface area contributed by atoms with Crippen molar-refractivity contribution in [1.82, 2.24) is 10.2 Å². The summed E-state index contributed by atoms with van der Waals surface area (Å²) >= 11 is 0. The molecule has 2 fully saturated rings. The second kappa shape index (κ2) is 13.9. The lowest BCUT2D eigenvalue weighted by Gasteiger charge is -2.44. The maximum Gasteiger partial charge on any atom is 0.249 e. The molecule has 2 saturated carbocycles. The van der Waals surface area contributed by atoms with Crippen LogP contribution in [0.1, 0.15) is 90.0 Å². The molecule has 8 nitrogen and oxygen atoms in total. The Bertz CT molecular complexity index is 1110. The van der Waals surface area contributed by atoms with Gasteiger partial charge in [0.05, 0.1) is 24.7 Å².